The fraction of sp³-hybridized carbons (Fsp3) is 0.455. The van der Waals surface area contributed by atoms with Crippen molar-refractivity contribution in [2.24, 2.45) is 5.92 Å². The summed E-state index contributed by atoms with van der Waals surface area (Å²) in [7, 11) is 0. The number of hydrogen-bond donors (Lipinski definition) is 2. The highest BCUT2D eigenvalue weighted by Crippen LogP contribution is 2.18. The Balaban J connectivity index is 1.94. The molecular formula is C22H30N2O3. The Kier molecular flexibility index (Phi) is 6.83. The minimum atomic E-state index is -0.632. The fourth-order valence-electron chi connectivity index (χ4n) is 2.91. The van der Waals surface area contributed by atoms with Crippen molar-refractivity contribution < 1.29 is 14.3 Å². The summed E-state index contributed by atoms with van der Waals surface area (Å²) in [6.07, 6.45) is 0.148. The van der Waals surface area contributed by atoms with Gasteiger partial charge in [-0.25, -0.2) is 4.79 Å². The molecule has 0 heterocycles. The molecule has 0 spiro atoms. The molecule has 2 N–H and O–H groups in total. The van der Waals surface area contributed by atoms with Crippen LogP contribution in [0.5, 0.6) is 0 Å². The van der Waals surface area contributed by atoms with Crippen LogP contribution in [0.25, 0.3) is 10.8 Å². The number of fused-ring (bicyclic) bond motifs is 1. The Morgan fingerprint density at radius 3 is 2.37 bits per heavy atom. The number of ether oxygens (including phenoxy) is 1. The van der Waals surface area contributed by atoms with Gasteiger partial charge in [0.1, 0.15) is 11.6 Å². The number of carbonyl (C=O) groups is 2. The van der Waals surface area contributed by atoms with E-state index in [4.69, 9.17) is 4.74 Å². The summed E-state index contributed by atoms with van der Waals surface area (Å²) in [6.45, 7) is 9.67. The first-order valence-electron chi connectivity index (χ1n) is 9.41. The molecule has 0 aliphatic carbocycles. The second kappa shape index (κ2) is 8.89. The van der Waals surface area contributed by atoms with E-state index in [0.29, 0.717) is 6.54 Å². The van der Waals surface area contributed by atoms with E-state index in [2.05, 4.69) is 34.9 Å². The van der Waals surface area contributed by atoms with E-state index in [1.807, 2.05) is 32.0 Å². The van der Waals surface area contributed by atoms with Gasteiger partial charge in [-0.1, -0.05) is 56.3 Å². The van der Waals surface area contributed by atoms with Crippen molar-refractivity contribution in [3.63, 3.8) is 0 Å². The van der Waals surface area contributed by atoms with Gasteiger partial charge in [-0.05, 0) is 49.4 Å². The molecule has 146 valence electrons. The van der Waals surface area contributed by atoms with E-state index in [1.54, 1.807) is 20.8 Å². The highest BCUT2D eigenvalue weighted by atomic mass is 16.6. The zero-order valence-corrected chi connectivity index (χ0v) is 16.8. The van der Waals surface area contributed by atoms with E-state index < -0.39 is 17.7 Å². The molecule has 2 rings (SSSR count). The monoisotopic (exact) mass is 370 g/mol. The molecule has 0 aliphatic rings. The topological polar surface area (TPSA) is 67.4 Å². The molecule has 5 heteroatoms. The lowest BCUT2D eigenvalue weighted by Gasteiger charge is -2.25. The van der Waals surface area contributed by atoms with Crippen LogP contribution in [0.15, 0.2) is 42.5 Å². The molecule has 0 aliphatic heterocycles. The number of benzene rings is 2. The molecule has 0 radical (unpaired) electrons. The van der Waals surface area contributed by atoms with Crippen molar-refractivity contribution in [1.29, 1.82) is 0 Å². The number of alkyl carbamates (subject to hydrolysis) is 1. The third kappa shape index (κ3) is 6.27. The standard InChI is InChI=1S/C22H30N2O3/c1-15(2)19(24-21(26)27-22(3,4)5)20(25)23-14-13-17-11-8-10-16-9-6-7-12-18(16)17/h6-12,15,19H,13-14H2,1-5H3,(H,23,25)(H,24,26)/t19-/m0/s1. The van der Waals surface area contributed by atoms with Crippen molar-refractivity contribution >= 4 is 22.8 Å². The van der Waals surface area contributed by atoms with E-state index >= 15 is 0 Å². The lowest BCUT2D eigenvalue weighted by molar-refractivity contribution is -0.124. The van der Waals surface area contributed by atoms with Crippen LogP contribution in [-0.4, -0.2) is 30.2 Å². The highest BCUT2D eigenvalue weighted by Gasteiger charge is 2.26. The lowest BCUT2D eigenvalue weighted by Crippen LogP contribution is -2.51. The first-order valence-corrected chi connectivity index (χ1v) is 9.41. The average Bonchev–Trinajstić information content (AvgIpc) is 2.58. The van der Waals surface area contributed by atoms with E-state index in [1.165, 1.54) is 16.3 Å². The van der Waals surface area contributed by atoms with Crippen LogP contribution in [0.1, 0.15) is 40.2 Å². The molecular weight excluding hydrogens is 340 g/mol. The van der Waals surface area contributed by atoms with E-state index in [0.717, 1.165) is 6.42 Å². The third-order valence-corrected chi connectivity index (χ3v) is 4.19. The Hall–Kier alpha value is -2.56. The van der Waals surface area contributed by atoms with Crippen molar-refractivity contribution in [3.8, 4) is 0 Å². The molecule has 0 unspecified atom stereocenters. The maximum atomic E-state index is 12.6. The van der Waals surface area contributed by atoms with Crippen LogP contribution >= 0.6 is 0 Å². The zero-order chi connectivity index (χ0) is 20.0. The number of hydrogen-bond acceptors (Lipinski definition) is 3. The quantitative estimate of drug-likeness (QED) is 0.806. The summed E-state index contributed by atoms with van der Waals surface area (Å²) in [5, 5.41) is 8.00. The van der Waals surface area contributed by atoms with Gasteiger partial charge in [0.25, 0.3) is 0 Å². The second-order valence-electron chi connectivity index (χ2n) is 8.05. The maximum absolute atomic E-state index is 12.6. The summed E-state index contributed by atoms with van der Waals surface area (Å²) in [5.74, 6) is -0.244. The summed E-state index contributed by atoms with van der Waals surface area (Å²) in [6, 6.07) is 13.8. The van der Waals surface area contributed by atoms with Gasteiger partial charge in [-0.15, -0.1) is 0 Å². The predicted octanol–water partition coefficient (Wildman–Crippen LogP) is 4.05. The normalized spacial score (nSPS) is 12.7. The molecule has 0 bridgehead atoms. The van der Waals surface area contributed by atoms with Gasteiger partial charge in [0.15, 0.2) is 0 Å². The van der Waals surface area contributed by atoms with Gasteiger partial charge < -0.3 is 15.4 Å². The summed E-state index contributed by atoms with van der Waals surface area (Å²) >= 11 is 0. The molecule has 0 fully saturated rings. The summed E-state index contributed by atoms with van der Waals surface area (Å²) in [4.78, 5) is 24.6. The maximum Gasteiger partial charge on any atom is 0.408 e. The smallest absolute Gasteiger partial charge is 0.408 e. The Bertz CT molecular complexity index is 788. The zero-order valence-electron chi connectivity index (χ0n) is 16.8. The lowest BCUT2D eigenvalue weighted by atomic mass is 10.0. The number of amides is 2. The van der Waals surface area contributed by atoms with Crippen LogP contribution in [0, 0.1) is 5.92 Å². The SMILES string of the molecule is CC(C)[C@H](NC(=O)OC(C)(C)C)C(=O)NCCc1cccc2ccccc12. The molecule has 2 aromatic carbocycles. The average molecular weight is 370 g/mol. The van der Waals surface area contributed by atoms with Crippen LogP contribution in [-0.2, 0) is 16.0 Å². The second-order valence-corrected chi connectivity index (χ2v) is 8.05. The minimum absolute atomic E-state index is 0.0462. The van der Waals surface area contributed by atoms with Gasteiger partial charge in [0.2, 0.25) is 5.91 Å². The highest BCUT2D eigenvalue weighted by molar-refractivity contribution is 5.87. The van der Waals surface area contributed by atoms with Crippen LogP contribution in [0.4, 0.5) is 4.79 Å². The van der Waals surface area contributed by atoms with Gasteiger partial charge in [-0.3, -0.25) is 4.79 Å². The van der Waals surface area contributed by atoms with Gasteiger partial charge >= 0.3 is 6.09 Å². The Morgan fingerprint density at radius 1 is 1.04 bits per heavy atom. The third-order valence-electron chi connectivity index (χ3n) is 4.19. The number of rotatable bonds is 6. The van der Waals surface area contributed by atoms with E-state index in [9.17, 15) is 9.59 Å². The first kappa shape index (κ1) is 20.7. The van der Waals surface area contributed by atoms with E-state index in [-0.39, 0.29) is 11.8 Å². The first-order chi connectivity index (χ1) is 12.7. The molecule has 2 aromatic rings. The fourth-order valence-corrected chi connectivity index (χ4v) is 2.91. The van der Waals surface area contributed by atoms with Gasteiger partial charge in [0, 0.05) is 6.54 Å². The van der Waals surface area contributed by atoms with Crippen molar-refractivity contribution in [2.45, 2.75) is 52.7 Å². The molecule has 2 amide bonds. The Labute approximate surface area is 161 Å². The van der Waals surface area contributed by atoms with Gasteiger partial charge in [0.05, 0.1) is 0 Å². The van der Waals surface area contributed by atoms with Crippen molar-refractivity contribution in [2.75, 3.05) is 6.54 Å². The minimum Gasteiger partial charge on any atom is -0.444 e. The van der Waals surface area contributed by atoms with Crippen molar-refractivity contribution in [1.82, 2.24) is 10.6 Å². The molecule has 0 saturated carbocycles. The van der Waals surface area contributed by atoms with Crippen molar-refractivity contribution in [3.05, 3.63) is 48.0 Å². The number of nitrogens with one attached hydrogen (secondary N) is 2. The summed E-state index contributed by atoms with van der Waals surface area (Å²) in [5.41, 5.74) is 0.589. The largest absolute Gasteiger partial charge is 0.444 e. The molecule has 5 nitrogen and oxygen atoms in total. The van der Waals surface area contributed by atoms with Gasteiger partial charge in [-0.2, -0.15) is 0 Å². The van der Waals surface area contributed by atoms with Crippen LogP contribution < -0.4 is 10.6 Å². The van der Waals surface area contributed by atoms with Crippen LogP contribution in [0.3, 0.4) is 0 Å². The summed E-state index contributed by atoms with van der Waals surface area (Å²) < 4.78 is 5.26. The molecule has 0 aromatic heterocycles. The predicted molar refractivity (Wildman–Crippen MR) is 109 cm³/mol. The Morgan fingerprint density at radius 2 is 1.70 bits per heavy atom. The molecule has 27 heavy (non-hydrogen) atoms. The molecule has 1 atom stereocenters. The van der Waals surface area contributed by atoms with Crippen LogP contribution in [0.2, 0.25) is 0 Å². The number of carbonyl (C=O) groups excluding carboxylic acids is 2. The molecule has 0 saturated heterocycles.